The minimum absolute atomic E-state index is 0.00832. The maximum Gasteiger partial charge on any atom is 0.236 e. The molecule has 0 N–H and O–H groups in total. The van der Waals surface area contributed by atoms with Crippen molar-refractivity contribution in [2.45, 2.75) is 148 Å². The number of carbonyl (C=O) groups excluding carboxylic acids is 3. The highest BCUT2D eigenvalue weighted by Gasteiger charge is 2.62. The first-order chi connectivity index (χ1) is 27.0. The van der Waals surface area contributed by atoms with Crippen LogP contribution in [0.25, 0.3) is 0 Å². The smallest absolute Gasteiger partial charge is 0.236 e. The van der Waals surface area contributed by atoms with Crippen molar-refractivity contribution in [1.29, 1.82) is 0 Å². The number of rotatable bonds is 14. The zero-order valence-electron chi connectivity index (χ0n) is 33.7. The van der Waals surface area contributed by atoms with Gasteiger partial charge in [0.2, 0.25) is 17.7 Å². The van der Waals surface area contributed by atoms with Gasteiger partial charge in [0.25, 0.3) is 0 Å². The van der Waals surface area contributed by atoms with Crippen molar-refractivity contribution >= 4 is 17.7 Å². The summed E-state index contributed by atoms with van der Waals surface area (Å²) in [4.78, 5) is 53.4. The van der Waals surface area contributed by atoms with Gasteiger partial charge in [0.15, 0.2) is 6.23 Å². The molecular formula is C47H64N4O4. The molecule has 10 rings (SSSR count). The molecule has 8 heteroatoms. The van der Waals surface area contributed by atoms with Gasteiger partial charge in [-0.05, 0) is 110 Å². The van der Waals surface area contributed by atoms with Gasteiger partial charge < -0.3 is 14.5 Å². The van der Waals surface area contributed by atoms with Gasteiger partial charge in [-0.25, -0.2) is 0 Å². The third kappa shape index (κ3) is 5.83. The minimum Gasteiger partial charge on any atom is -0.375 e. The number of amides is 3. The van der Waals surface area contributed by atoms with Crippen LogP contribution in [0.5, 0.6) is 0 Å². The summed E-state index contributed by atoms with van der Waals surface area (Å²) in [6, 6.07) is 0.251. The average Bonchev–Trinajstić information content (AvgIpc) is 3.53. The molecule has 296 valence electrons. The number of hydrogen-bond donors (Lipinski definition) is 0. The lowest BCUT2D eigenvalue weighted by Gasteiger charge is -2.56. The molecule has 0 aromatic carbocycles. The molecule has 8 nitrogen and oxygen atoms in total. The van der Waals surface area contributed by atoms with Gasteiger partial charge in [-0.1, -0.05) is 77.4 Å². The molecule has 0 radical (unpaired) electrons. The molecule has 5 saturated heterocycles. The Hall–Kier alpha value is -2.97. The number of hydrogen-bond acceptors (Lipinski definition) is 6. The van der Waals surface area contributed by atoms with Crippen LogP contribution in [0.3, 0.4) is 0 Å². The molecule has 5 heterocycles. The second-order valence-corrected chi connectivity index (χ2v) is 18.6. The van der Waals surface area contributed by atoms with Crippen molar-refractivity contribution in [2.24, 2.45) is 29.6 Å². The Labute approximate surface area is 329 Å². The van der Waals surface area contributed by atoms with Crippen LogP contribution in [0.15, 0.2) is 56.9 Å². The van der Waals surface area contributed by atoms with E-state index < -0.39 is 0 Å². The van der Waals surface area contributed by atoms with Crippen molar-refractivity contribution in [3.8, 4) is 0 Å². The lowest BCUT2D eigenvalue weighted by atomic mass is 9.51. The van der Waals surface area contributed by atoms with E-state index in [1.165, 1.54) is 109 Å². The van der Waals surface area contributed by atoms with Crippen LogP contribution in [0, 0.1) is 29.6 Å². The Morgan fingerprint density at radius 2 is 1.31 bits per heavy atom. The van der Waals surface area contributed by atoms with Gasteiger partial charge in [0.1, 0.15) is 6.10 Å². The van der Waals surface area contributed by atoms with Gasteiger partial charge in [-0.2, -0.15) is 0 Å². The van der Waals surface area contributed by atoms with Crippen LogP contribution in [0.1, 0.15) is 129 Å². The highest BCUT2D eigenvalue weighted by atomic mass is 16.6. The molecule has 55 heavy (non-hydrogen) atoms. The molecule has 1 saturated carbocycles. The SMILES string of the molecule is CCCCCCCCN1C(=O)C2CC=C3C4=C2C(CC(N2CCCC2)=C4C2CC=C4C5=C2C3C(N2CCCC2)CC5C(=O)N(CCCCCC)C2OC42)C1=O. The van der Waals surface area contributed by atoms with Crippen LogP contribution in [0.2, 0.25) is 0 Å². The predicted octanol–water partition coefficient (Wildman–Crippen LogP) is 7.83. The van der Waals surface area contributed by atoms with Crippen molar-refractivity contribution < 1.29 is 19.1 Å². The summed E-state index contributed by atoms with van der Waals surface area (Å²) in [5, 5.41) is 0. The highest BCUT2D eigenvalue weighted by Crippen LogP contribution is 2.65. The Morgan fingerprint density at radius 3 is 2.09 bits per heavy atom. The molecule has 6 fully saturated rings. The van der Waals surface area contributed by atoms with Crippen molar-refractivity contribution in [3.05, 3.63) is 56.9 Å². The molecule has 10 aliphatic rings. The third-order valence-corrected chi connectivity index (χ3v) is 15.6. The number of nitrogens with zero attached hydrogens (tertiary/aromatic N) is 4. The number of ether oxygens (including phenoxy) is 1. The monoisotopic (exact) mass is 748 g/mol. The number of unbranched alkanes of at least 4 members (excludes halogenated alkanes) is 8. The Morgan fingerprint density at radius 1 is 0.655 bits per heavy atom. The van der Waals surface area contributed by atoms with E-state index in [2.05, 4.69) is 40.7 Å². The minimum atomic E-state index is -0.243. The van der Waals surface area contributed by atoms with Gasteiger partial charge in [0.05, 0.1) is 17.8 Å². The molecule has 0 aromatic heterocycles. The summed E-state index contributed by atoms with van der Waals surface area (Å²) in [6.45, 7) is 10.1. The standard InChI is InChI=1S/C47H64N4O4/c1-3-5-7-9-10-12-25-50-44(52)32-20-18-30-39-35(48-21-13-14-22-48)27-33-37-31(43-47(55-43)51(46(33)54)26-11-8-6-4-2)19-17-29(41(37)39)40-36(49-23-15-16-24-49)28-34(45(50)53)38(32)42(30)40/h18-19,29,32-35,39,43,47H,3-17,20-28H2,1-2H3. The van der Waals surface area contributed by atoms with Gasteiger partial charge in [-0.15, -0.1) is 0 Å². The number of carbonyl (C=O) groups is 3. The van der Waals surface area contributed by atoms with E-state index in [9.17, 15) is 14.4 Å². The maximum absolute atomic E-state index is 15.0. The number of allylic oxidation sites excluding steroid dienone is 5. The number of piperidine rings is 1. The van der Waals surface area contributed by atoms with E-state index in [-0.39, 0.29) is 59.8 Å². The first-order valence-electron chi connectivity index (χ1n) is 22.9. The largest absolute Gasteiger partial charge is 0.375 e. The van der Waals surface area contributed by atoms with E-state index in [1.807, 2.05) is 0 Å². The first-order valence-corrected chi connectivity index (χ1v) is 22.9. The van der Waals surface area contributed by atoms with Crippen molar-refractivity contribution in [2.75, 3.05) is 39.3 Å². The van der Waals surface area contributed by atoms with Crippen LogP contribution in [-0.4, -0.2) is 95.0 Å². The third-order valence-electron chi connectivity index (χ3n) is 15.6. The predicted molar refractivity (Wildman–Crippen MR) is 213 cm³/mol. The molecule has 8 unspecified atom stereocenters. The van der Waals surface area contributed by atoms with Crippen LogP contribution in [-0.2, 0) is 19.1 Å². The summed E-state index contributed by atoms with van der Waals surface area (Å²) in [5.41, 5.74) is 10.8. The number of imide groups is 1. The lowest BCUT2D eigenvalue weighted by molar-refractivity contribution is -0.152. The highest BCUT2D eigenvalue weighted by molar-refractivity contribution is 6.05. The summed E-state index contributed by atoms with van der Waals surface area (Å²) in [7, 11) is 0. The second kappa shape index (κ2) is 14.8. The lowest BCUT2D eigenvalue weighted by Crippen LogP contribution is -2.56. The molecule has 3 amide bonds. The fraction of sp³-hybridized carbons (Fsp3) is 0.723. The Kier molecular flexibility index (Phi) is 9.76. The van der Waals surface area contributed by atoms with Crippen LogP contribution in [0.4, 0.5) is 0 Å². The maximum atomic E-state index is 15.0. The zero-order valence-corrected chi connectivity index (χ0v) is 33.7. The topological polar surface area (TPSA) is 76.7 Å². The molecule has 0 aromatic rings. The summed E-state index contributed by atoms with van der Waals surface area (Å²) in [5.74, 6) is 0.184. The Balaban J connectivity index is 1.08. The molecular weight excluding hydrogens is 685 g/mol. The molecule has 8 atom stereocenters. The van der Waals surface area contributed by atoms with E-state index >= 15 is 0 Å². The summed E-state index contributed by atoms with van der Waals surface area (Å²) in [6.07, 6.45) is 24.2. The Bertz CT molecular complexity index is 1770. The molecule has 0 bridgehead atoms. The fourth-order valence-corrected chi connectivity index (χ4v) is 13.0. The van der Waals surface area contributed by atoms with E-state index in [0.29, 0.717) is 25.3 Å². The van der Waals surface area contributed by atoms with E-state index in [1.54, 1.807) is 4.90 Å². The molecule has 5 aliphatic carbocycles. The summed E-state index contributed by atoms with van der Waals surface area (Å²) < 4.78 is 6.48. The first kappa shape index (κ1) is 36.4. The van der Waals surface area contributed by atoms with Crippen molar-refractivity contribution in [3.63, 3.8) is 0 Å². The second-order valence-electron chi connectivity index (χ2n) is 18.6. The molecule has 0 spiro atoms. The fourth-order valence-electron chi connectivity index (χ4n) is 13.0. The van der Waals surface area contributed by atoms with Crippen LogP contribution < -0.4 is 0 Å². The van der Waals surface area contributed by atoms with Crippen molar-refractivity contribution in [1.82, 2.24) is 19.6 Å². The molecule has 5 aliphatic heterocycles. The van der Waals surface area contributed by atoms with Gasteiger partial charge >= 0.3 is 0 Å². The number of epoxide rings is 1. The average molecular weight is 749 g/mol. The van der Waals surface area contributed by atoms with E-state index in [0.717, 1.165) is 71.2 Å². The van der Waals surface area contributed by atoms with Gasteiger partial charge in [0, 0.05) is 56.2 Å². The van der Waals surface area contributed by atoms with E-state index in [4.69, 9.17) is 4.74 Å². The quantitative estimate of drug-likeness (QED) is 0.102. The number of likely N-dealkylation sites (tertiary alicyclic amines) is 4. The van der Waals surface area contributed by atoms with Gasteiger partial charge in [-0.3, -0.25) is 24.2 Å². The summed E-state index contributed by atoms with van der Waals surface area (Å²) >= 11 is 0. The number of fused-ring (bicyclic) bond motifs is 4. The zero-order chi connectivity index (χ0) is 37.4. The normalized spacial score (nSPS) is 34.9. The van der Waals surface area contributed by atoms with Crippen LogP contribution >= 0.6 is 0 Å².